The Balaban J connectivity index is 1.48. The molecule has 182 valence electrons. The molecule has 1 fully saturated rings. The van der Waals surface area contributed by atoms with Crippen LogP contribution < -0.4 is 14.8 Å². The van der Waals surface area contributed by atoms with E-state index in [4.69, 9.17) is 13.9 Å². The van der Waals surface area contributed by atoms with Gasteiger partial charge in [0.25, 0.3) is 5.91 Å². The molecule has 1 N–H and O–H groups in total. The fraction of sp³-hybridized carbons (Fsp3) is 0.346. The first kappa shape index (κ1) is 22.9. The molecule has 5 rings (SSSR count). The summed E-state index contributed by atoms with van der Waals surface area (Å²) in [5.74, 6) is -1.38. The summed E-state index contributed by atoms with van der Waals surface area (Å²) in [7, 11) is 1.54. The van der Waals surface area contributed by atoms with Gasteiger partial charge >= 0.3 is 0 Å². The van der Waals surface area contributed by atoms with Gasteiger partial charge in [0, 0.05) is 18.0 Å². The number of amides is 2. The van der Waals surface area contributed by atoms with Crippen LogP contribution >= 0.6 is 0 Å². The molecule has 9 heteroatoms. The topological polar surface area (TPSA) is 98.1 Å². The maximum atomic E-state index is 13.9. The number of nitrogens with one attached hydrogen (secondary N) is 1. The predicted molar refractivity (Wildman–Crippen MR) is 124 cm³/mol. The van der Waals surface area contributed by atoms with Crippen LogP contribution in [0.3, 0.4) is 0 Å². The first-order chi connectivity index (χ1) is 16.8. The fourth-order valence-electron chi connectivity index (χ4n) is 4.31. The molecule has 0 spiro atoms. The first-order valence-corrected chi connectivity index (χ1v) is 11.4. The molecule has 35 heavy (non-hydrogen) atoms. The lowest BCUT2D eigenvalue weighted by molar-refractivity contribution is -0.134. The molecular weight excluding hydrogens is 455 g/mol. The zero-order chi connectivity index (χ0) is 24.7. The monoisotopic (exact) mass is 480 g/mol. The Labute approximate surface area is 201 Å². The Morgan fingerprint density at radius 2 is 2.00 bits per heavy atom. The third-order valence-corrected chi connectivity index (χ3v) is 6.60. The van der Waals surface area contributed by atoms with Crippen molar-refractivity contribution in [2.24, 2.45) is 5.92 Å². The smallest absolute Gasteiger partial charge is 0.294 e. The highest BCUT2D eigenvalue weighted by molar-refractivity contribution is 6.06. The standard InChI is InChI=1S/C26H25FN2O6/c1-26(25(32)28-12-16-5-3-4-6-20(16)33-2)14-34-22-18-11-17(27)9-10-21(18)35-23(22)24(31)29(26)13-19(30)15-7-8-15/h3-6,9-11,15H,7-8,12-14H2,1-2H3,(H,28,32). The number of hydrogen-bond acceptors (Lipinski definition) is 6. The molecule has 0 saturated heterocycles. The number of ether oxygens (including phenoxy) is 2. The third kappa shape index (κ3) is 4.11. The van der Waals surface area contributed by atoms with Gasteiger partial charge in [0.1, 0.15) is 23.8 Å². The Kier molecular flexibility index (Phi) is 5.70. The van der Waals surface area contributed by atoms with Crippen LogP contribution in [0, 0.1) is 11.7 Å². The minimum atomic E-state index is -1.52. The molecule has 0 bridgehead atoms. The second-order valence-corrected chi connectivity index (χ2v) is 9.09. The van der Waals surface area contributed by atoms with Crippen molar-refractivity contribution in [1.82, 2.24) is 10.2 Å². The summed E-state index contributed by atoms with van der Waals surface area (Å²) in [5.41, 5.74) is -0.491. The van der Waals surface area contributed by atoms with E-state index in [-0.39, 0.29) is 48.5 Å². The number of rotatable bonds is 7. The van der Waals surface area contributed by atoms with Crippen molar-refractivity contribution in [1.29, 1.82) is 0 Å². The highest BCUT2D eigenvalue weighted by Gasteiger charge is 2.49. The van der Waals surface area contributed by atoms with E-state index < -0.39 is 23.2 Å². The van der Waals surface area contributed by atoms with Gasteiger partial charge in [0.15, 0.2) is 17.1 Å². The lowest BCUT2D eigenvalue weighted by atomic mass is 9.98. The molecule has 2 aromatic carbocycles. The second-order valence-electron chi connectivity index (χ2n) is 9.09. The van der Waals surface area contributed by atoms with Crippen LogP contribution in [0.2, 0.25) is 0 Å². The minimum Gasteiger partial charge on any atom is -0.496 e. The van der Waals surface area contributed by atoms with E-state index >= 15 is 0 Å². The number of methoxy groups -OCH3 is 1. The Morgan fingerprint density at radius 3 is 2.74 bits per heavy atom. The number of carbonyl (C=O) groups excluding carboxylic acids is 3. The number of ketones is 1. The number of para-hydroxylation sites is 1. The SMILES string of the molecule is COc1ccccc1CNC(=O)C1(C)COc2c(oc3ccc(F)cc23)C(=O)N1CC(=O)C1CC1. The molecular formula is C26H25FN2O6. The van der Waals surface area contributed by atoms with Gasteiger partial charge in [-0.1, -0.05) is 18.2 Å². The Bertz CT molecular complexity index is 1330. The molecule has 1 atom stereocenters. The van der Waals surface area contributed by atoms with Crippen LogP contribution in [0.5, 0.6) is 11.5 Å². The van der Waals surface area contributed by atoms with E-state index in [2.05, 4.69) is 5.32 Å². The van der Waals surface area contributed by atoms with Crippen LogP contribution in [-0.4, -0.2) is 48.3 Å². The maximum Gasteiger partial charge on any atom is 0.294 e. The van der Waals surface area contributed by atoms with Crippen molar-refractivity contribution in [2.75, 3.05) is 20.3 Å². The summed E-state index contributed by atoms with van der Waals surface area (Å²) in [6.45, 7) is 1.20. The number of furan rings is 1. The van der Waals surface area contributed by atoms with Gasteiger partial charge in [-0.2, -0.15) is 0 Å². The zero-order valence-electron chi connectivity index (χ0n) is 19.4. The van der Waals surface area contributed by atoms with Gasteiger partial charge in [-0.3, -0.25) is 14.4 Å². The normalized spacial score (nSPS) is 19.6. The second kappa shape index (κ2) is 8.72. The Morgan fingerprint density at radius 1 is 1.23 bits per heavy atom. The van der Waals surface area contributed by atoms with Gasteiger partial charge in [-0.25, -0.2) is 4.39 Å². The van der Waals surface area contributed by atoms with E-state index in [1.165, 1.54) is 23.1 Å². The summed E-state index contributed by atoms with van der Waals surface area (Å²) in [5, 5.41) is 3.14. The molecule has 3 aromatic rings. The summed E-state index contributed by atoms with van der Waals surface area (Å²) >= 11 is 0. The highest BCUT2D eigenvalue weighted by Crippen LogP contribution is 2.39. The predicted octanol–water partition coefficient (Wildman–Crippen LogP) is 3.47. The number of halogens is 1. The average Bonchev–Trinajstić information content (AvgIpc) is 3.66. The fourth-order valence-corrected chi connectivity index (χ4v) is 4.31. The van der Waals surface area contributed by atoms with Gasteiger partial charge in [-0.05, 0) is 44.0 Å². The molecule has 2 heterocycles. The number of hydrogen-bond donors (Lipinski definition) is 1. The highest BCUT2D eigenvalue weighted by atomic mass is 19.1. The van der Waals surface area contributed by atoms with Gasteiger partial charge in [0.2, 0.25) is 11.7 Å². The van der Waals surface area contributed by atoms with Crippen molar-refractivity contribution in [3.63, 3.8) is 0 Å². The van der Waals surface area contributed by atoms with Crippen molar-refractivity contribution >= 4 is 28.6 Å². The van der Waals surface area contributed by atoms with Crippen molar-refractivity contribution in [3.05, 3.63) is 59.6 Å². The lowest BCUT2D eigenvalue weighted by Gasteiger charge is -2.37. The van der Waals surface area contributed by atoms with E-state index in [1.807, 2.05) is 18.2 Å². The lowest BCUT2D eigenvalue weighted by Crippen LogP contribution is -2.62. The summed E-state index contributed by atoms with van der Waals surface area (Å²) in [6, 6.07) is 11.1. The molecule has 1 unspecified atom stereocenters. The van der Waals surface area contributed by atoms with Crippen LogP contribution in [0.25, 0.3) is 11.0 Å². The molecule has 8 nitrogen and oxygen atoms in total. The molecule has 2 aliphatic rings. The van der Waals surface area contributed by atoms with Gasteiger partial charge in [-0.15, -0.1) is 0 Å². The molecule has 1 aromatic heterocycles. The number of fused-ring (bicyclic) bond motifs is 3. The average molecular weight is 480 g/mol. The largest absolute Gasteiger partial charge is 0.496 e. The van der Waals surface area contributed by atoms with E-state index in [1.54, 1.807) is 20.1 Å². The quantitative estimate of drug-likeness (QED) is 0.556. The van der Waals surface area contributed by atoms with Crippen LogP contribution in [0.1, 0.15) is 35.9 Å². The zero-order valence-corrected chi connectivity index (χ0v) is 19.4. The van der Waals surface area contributed by atoms with Crippen LogP contribution in [-0.2, 0) is 16.1 Å². The molecule has 1 saturated carbocycles. The Hall–Kier alpha value is -3.88. The first-order valence-electron chi connectivity index (χ1n) is 11.4. The molecule has 0 radical (unpaired) electrons. The van der Waals surface area contributed by atoms with E-state index in [9.17, 15) is 18.8 Å². The molecule has 2 amide bonds. The number of nitrogens with zero attached hydrogens (tertiary/aromatic N) is 1. The minimum absolute atomic E-state index is 0.0645. The van der Waals surface area contributed by atoms with Crippen molar-refractivity contribution in [2.45, 2.75) is 31.8 Å². The van der Waals surface area contributed by atoms with Gasteiger partial charge < -0.3 is 24.1 Å². The summed E-state index contributed by atoms with van der Waals surface area (Å²) in [4.78, 5) is 41.2. The van der Waals surface area contributed by atoms with Crippen LogP contribution in [0.4, 0.5) is 4.39 Å². The van der Waals surface area contributed by atoms with Crippen molar-refractivity contribution < 1.29 is 32.7 Å². The summed E-state index contributed by atoms with van der Waals surface area (Å²) < 4.78 is 30.9. The molecule has 1 aliphatic carbocycles. The number of Topliss-reactive ketones (excluding diaryl/α,β-unsaturated/α-hetero) is 1. The number of carbonyl (C=O) groups is 3. The summed E-state index contributed by atoms with van der Waals surface area (Å²) in [6.07, 6.45) is 1.53. The van der Waals surface area contributed by atoms with Crippen molar-refractivity contribution in [3.8, 4) is 11.5 Å². The maximum absolute atomic E-state index is 13.9. The van der Waals surface area contributed by atoms with Crippen LogP contribution in [0.15, 0.2) is 46.9 Å². The van der Waals surface area contributed by atoms with E-state index in [0.29, 0.717) is 11.1 Å². The third-order valence-electron chi connectivity index (χ3n) is 6.60. The molecule has 1 aliphatic heterocycles. The van der Waals surface area contributed by atoms with Gasteiger partial charge in [0.05, 0.1) is 19.0 Å². The van der Waals surface area contributed by atoms with E-state index in [0.717, 1.165) is 18.4 Å². The number of benzene rings is 2.